The van der Waals surface area contributed by atoms with Crippen LogP contribution in [0, 0.1) is 12.8 Å². The van der Waals surface area contributed by atoms with Gasteiger partial charge in [-0.2, -0.15) is 5.10 Å². The van der Waals surface area contributed by atoms with E-state index in [-0.39, 0.29) is 18.1 Å². The Bertz CT molecular complexity index is 752. The second-order valence-corrected chi connectivity index (χ2v) is 7.79. The highest BCUT2D eigenvalue weighted by Crippen LogP contribution is 2.32. The van der Waals surface area contributed by atoms with Crippen LogP contribution in [0.1, 0.15) is 61.9 Å². The molecule has 1 aromatic heterocycles. The molecule has 2 unspecified atom stereocenters. The first kappa shape index (κ1) is 18.5. The van der Waals surface area contributed by atoms with Gasteiger partial charge in [0.05, 0.1) is 18.3 Å². The van der Waals surface area contributed by atoms with E-state index in [4.69, 9.17) is 0 Å². The maximum Gasteiger partial charge on any atom is 0.318 e. The van der Waals surface area contributed by atoms with Gasteiger partial charge in [-0.3, -0.25) is 4.68 Å². The van der Waals surface area contributed by atoms with E-state index in [1.165, 1.54) is 11.1 Å². The molecule has 5 heteroatoms. The Labute approximate surface area is 156 Å². The first-order valence-corrected chi connectivity index (χ1v) is 9.57. The van der Waals surface area contributed by atoms with Crippen molar-refractivity contribution in [2.24, 2.45) is 13.0 Å². The van der Waals surface area contributed by atoms with Gasteiger partial charge < -0.3 is 10.2 Å². The van der Waals surface area contributed by atoms with Crippen molar-refractivity contribution in [2.75, 3.05) is 6.54 Å². The zero-order valence-corrected chi connectivity index (χ0v) is 16.3. The Kier molecular flexibility index (Phi) is 5.64. The number of urea groups is 1. The predicted molar refractivity (Wildman–Crippen MR) is 104 cm³/mol. The van der Waals surface area contributed by atoms with E-state index in [9.17, 15) is 4.79 Å². The normalized spacial score (nSPS) is 18.3. The van der Waals surface area contributed by atoms with Crippen LogP contribution in [0.15, 0.2) is 36.7 Å². The third-order valence-corrected chi connectivity index (χ3v) is 5.19. The summed E-state index contributed by atoms with van der Waals surface area (Å²) >= 11 is 0. The van der Waals surface area contributed by atoms with Crippen LogP contribution in [0.5, 0.6) is 0 Å². The van der Waals surface area contributed by atoms with Crippen molar-refractivity contribution in [3.05, 3.63) is 53.3 Å². The van der Waals surface area contributed by atoms with Crippen molar-refractivity contribution < 1.29 is 4.79 Å². The first-order valence-electron chi connectivity index (χ1n) is 9.57. The molecule has 1 N–H and O–H groups in total. The van der Waals surface area contributed by atoms with E-state index in [1.54, 1.807) is 4.68 Å². The molecule has 5 nitrogen and oxygen atoms in total. The minimum Gasteiger partial charge on any atom is -0.331 e. The maximum atomic E-state index is 13.1. The van der Waals surface area contributed by atoms with E-state index in [2.05, 4.69) is 49.4 Å². The van der Waals surface area contributed by atoms with Crippen LogP contribution in [0.3, 0.4) is 0 Å². The van der Waals surface area contributed by atoms with Gasteiger partial charge in [0.25, 0.3) is 0 Å². The van der Waals surface area contributed by atoms with Gasteiger partial charge in [0.1, 0.15) is 0 Å². The number of likely N-dealkylation sites (tertiary alicyclic amines) is 1. The van der Waals surface area contributed by atoms with Crippen molar-refractivity contribution in [2.45, 2.75) is 52.1 Å². The lowest BCUT2D eigenvalue weighted by atomic mass is 9.94. The highest BCUT2D eigenvalue weighted by Gasteiger charge is 2.32. The second-order valence-electron chi connectivity index (χ2n) is 7.79. The molecule has 1 saturated heterocycles. The summed E-state index contributed by atoms with van der Waals surface area (Å²) in [6, 6.07) is 8.54. The zero-order valence-electron chi connectivity index (χ0n) is 16.3. The summed E-state index contributed by atoms with van der Waals surface area (Å²) < 4.78 is 1.80. The highest BCUT2D eigenvalue weighted by atomic mass is 16.2. The van der Waals surface area contributed by atoms with Crippen LogP contribution >= 0.6 is 0 Å². The zero-order chi connectivity index (χ0) is 18.7. The van der Waals surface area contributed by atoms with Crippen molar-refractivity contribution in [3.8, 4) is 0 Å². The van der Waals surface area contributed by atoms with Crippen molar-refractivity contribution in [1.82, 2.24) is 20.0 Å². The van der Waals surface area contributed by atoms with Crippen molar-refractivity contribution in [1.29, 1.82) is 0 Å². The van der Waals surface area contributed by atoms with Crippen molar-refractivity contribution >= 4 is 6.03 Å². The molecule has 0 aliphatic carbocycles. The first-order chi connectivity index (χ1) is 12.5. The summed E-state index contributed by atoms with van der Waals surface area (Å²) in [4.78, 5) is 15.1. The molecular formula is C21H30N4O. The number of carbonyl (C=O) groups is 1. The number of carbonyl (C=O) groups excluding carboxylic acids is 1. The fourth-order valence-corrected chi connectivity index (χ4v) is 3.91. The van der Waals surface area contributed by atoms with Gasteiger partial charge in [0.15, 0.2) is 0 Å². The fraction of sp³-hybridized carbons (Fsp3) is 0.524. The van der Waals surface area contributed by atoms with Crippen molar-refractivity contribution in [3.63, 3.8) is 0 Å². The molecule has 0 radical (unpaired) electrons. The molecular weight excluding hydrogens is 324 g/mol. The smallest absolute Gasteiger partial charge is 0.318 e. The molecule has 1 aliphatic rings. The van der Waals surface area contributed by atoms with E-state index < -0.39 is 0 Å². The lowest BCUT2D eigenvalue weighted by molar-refractivity contribution is 0.187. The van der Waals surface area contributed by atoms with Gasteiger partial charge in [-0.25, -0.2) is 4.79 Å². The Hall–Kier alpha value is -2.30. The highest BCUT2D eigenvalue weighted by molar-refractivity contribution is 5.75. The van der Waals surface area contributed by atoms with Gasteiger partial charge >= 0.3 is 6.03 Å². The molecule has 2 amide bonds. The lowest BCUT2D eigenvalue weighted by Crippen LogP contribution is -2.41. The van der Waals surface area contributed by atoms with E-state index in [1.807, 2.05) is 30.4 Å². The SMILES string of the molecule is Cc1ccccc1C(CC(C)C)NC(=O)N1CCCC1c1cnn(C)c1. The lowest BCUT2D eigenvalue weighted by Gasteiger charge is -2.29. The molecule has 1 aliphatic heterocycles. The molecule has 2 aromatic rings. The van der Waals surface area contributed by atoms with Gasteiger partial charge in [0.2, 0.25) is 0 Å². The number of nitrogens with zero attached hydrogens (tertiary/aromatic N) is 3. The van der Waals surface area contributed by atoms with Crippen LogP contribution in [0.4, 0.5) is 4.79 Å². The summed E-state index contributed by atoms with van der Waals surface area (Å²) in [5.41, 5.74) is 3.56. The summed E-state index contributed by atoms with van der Waals surface area (Å²) in [6.07, 6.45) is 6.86. The standard InChI is InChI=1S/C21H30N4O/c1-15(2)12-19(18-9-6-5-8-16(18)3)23-21(26)25-11-7-10-20(25)17-13-22-24(4)14-17/h5-6,8-9,13-15,19-20H,7,10-12H2,1-4H3,(H,23,26). The molecule has 0 saturated carbocycles. The van der Waals surface area contributed by atoms with Crippen LogP contribution in [0.2, 0.25) is 0 Å². The number of hydrogen-bond donors (Lipinski definition) is 1. The third-order valence-electron chi connectivity index (χ3n) is 5.19. The van der Waals surface area contributed by atoms with Gasteiger partial charge in [0, 0.05) is 25.4 Å². The van der Waals surface area contributed by atoms with E-state index in [0.29, 0.717) is 5.92 Å². The Morgan fingerprint density at radius 3 is 2.77 bits per heavy atom. The number of nitrogens with one attached hydrogen (secondary N) is 1. The summed E-state index contributed by atoms with van der Waals surface area (Å²) in [5.74, 6) is 0.507. The van der Waals surface area contributed by atoms with E-state index in [0.717, 1.165) is 31.4 Å². The van der Waals surface area contributed by atoms with Crippen LogP contribution in [0.25, 0.3) is 0 Å². The average molecular weight is 354 g/mol. The summed E-state index contributed by atoms with van der Waals surface area (Å²) in [6.45, 7) is 7.31. The van der Waals surface area contributed by atoms with Gasteiger partial charge in [-0.05, 0) is 43.2 Å². The Balaban J connectivity index is 1.77. The third kappa shape index (κ3) is 4.09. The molecule has 0 spiro atoms. The Morgan fingerprint density at radius 1 is 1.35 bits per heavy atom. The summed E-state index contributed by atoms with van der Waals surface area (Å²) in [5, 5.41) is 7.59. The minimum atomic E-state index is 0.0326. The molecule has 3 rings (SSSR count). The predicted octanol–water partition coefficient (Wildman–Crippen LogP) is 4.36. The monoisotopic (exact) mass is 354 g/mol. The average Bonchev–Trinajstić information content (AvgIpc) is 3.22. The molecule has 26 heavy (non-hydrogen) atoms. The summed E-state index contributed by atoms with van der Waals surface area (Å²) in [7, 11) is 1.92. The molecule has 2 heterocycles. The van der Waals surface area contributed by atoms with Gasteiger partial charge in [-0.15, -0.1) is 0 Å². The quantitative estimate of drug-likeness (QED) is 0.867. The van der Waals surface area contributed by atoms with Gasteiger partial charge in [-0.1, -0.05) is 38.1 Å². The topological polar surface area (TPSA) is 50.2 Å². The maximum absolute atomic E-state index is 13.1. The number of aromatic nitrogens is 2. The molecule has 140 valence electrons. The Morgan fingerprint density at radius 2 is 2.12 bits per heavy atom. The second kappa shape index (κ2) is 7.94. The molecule has 0 bridgehead atoms. The molecule has 1 fully saturated rings. The molecule has 1 aromatic carbocycles. The van der Waals surface area contributed by atoms with Crippen LogP contribution in [-0.4, -0.2) is 27.3 Å². The van der Waals surface area contributed by atoms with Crippen LogP contribution < -0.4 is 5.32 Å². The number of hydrogen-bond acceptors (Lipinski definition) is 2. The van der Waals surface area contributed by atoms with E-state index >= 15 is 0 Å². The largest absolute Gasteiger partial charge is 0.331 e. The number of amides is 2. The minimum absolute atomic E-state index is 0.0326. The number of aryl methyl sites for hydroxylation is 2. The van der Waals surface area contributed by atoms with Crippen LogP contribution in [-0.2, 0) is 7.05 Å². The number of rotatable bonds is 5. The number of benzene rings is 1. The fourth-order valence-electron chi connectivity index (χ4n) is 3.91. The molecule has 2 atom stereocenters.